The number of nitrogens with one attached hydrogen (secondary N) is 2. The molecule has 10 heteroatoms. The zero-order chi connectivity index (χ0) is 24.2. The predicted molar refractivity (Wildman–Crippen MR) is 122 cm³/mol. The highest BCUT2D eigenvalue weighted by atomic mass is 16.6. The molecule has 1 atom stereocenters. The largest absolute Gasteiger partial charge is 0.444 e. The van der Waals surface area contributed by atoms with Crippen molar-refractivity contribution in [2.45, 2.75) is 58.1 Å². The van der Waals surface area contributed by atoms with E-state index in [0.717, 1.165) is 23.9 Å². The van der Waals surface area contributed by atoms with Crippen molar-refractivity contribution in [2.75, 3.05) is 19.8 Å². The van der Waals surface area contributed by atoms with Crippen LogP contribution in [0.3, 0.4) is 0 Å². The number of fused-ring (bicyclic) bond motifs is 1. The Morgan fingerprint density at radius 2 is 1.94 bits per heavy atom. The standard InChI is InChI=1S/C23H32N4O6/c1-23(2,3)33-21(30)24-11-13-32-12-5-6-15-7-8-16-18(14-15)26(4)22(31)27(16)17-9-10-19(28)25-20(17)29/h7-8,14,17H,5-6,9-13H2,1-4H3,(H,24,30)(H,25,28,29). The molecule has 33 heavy (non-hydrogen) atoms. The first-order chi connectivity index (χ1) is 15.6. The van der Waals surface area contributed by atoms with E-state index in [0.29, 0.717) is 31.7 Å². The van der Waals surface area contributed by atoms with Gasteiger partial charge in [-0.25, -0.2) is 9.59 Å². The molecule has 1 aromatic carbocycles. The van der Waals surface area contributed by atoms with Crippen molar-refractivity contribution in [3.63, 3.8) is 0 Å². The Hall–Kier alpha value is -3.14. The second kappa shape index (κ2) is 10.2. The van der Waals surface area contributed by atoms with Crippen molar-refractivity contribution in [1.29, 1.82) is 0 Å². The number of aryl methyl sites for hydroxylation is 2. The minimum absolute atomic E-state index is 0.213. The number of piperidine rings is 1. The molecule has 3 amide bonds. The summed E-state index contributed by atoms with van der Waals surface area (Å²) < 4.78 is 13.7. The highest BCUT2D eigenvalue weighted by Gasteiger charge is 2.31. The van der Waals surface area contributed by atoms with E-state index in [4.69, 9.17) is 9.47 Å². The quantitative estimate of drug-likeness (QED) is 0.458. The van der Waals surface area contributed by atoms with Crippen LogP contribution in [0.1, 0.15) is 51.6 Å². The molecule has 0 aliphatic carbocycles. The van der Waals surface area contributed by atoms with E-state index in [9.17, 15) is 19.2 Å². The average molecular weight is 461 g/mol. The van der Waals surface area contributed by atoms with Crippen LogP contribution in [0.25, 0.3) is 11.0 Å². The Morgan fingerprint density at radius 3 is 2.64 bits per heavy atom. The minimum atomic E-state index is -0.688. The number of imidazole rings is 1. The third kappa shape index (κ3) is 6.22. The number of carbonyl (C=O) groups excluding carboxylic acids is 3. The summed E-state index contributed by atoms with van der Waals surface area (Å²) in [7, 11) is 1.68. The molecule has 2 heterocycles. The third-order valence-electron chi connectivity index (χ3n) is 5.34. The van der Waals surface area contributed by atoms with Gasteiger partial charge in [0.15, 0.2) is 0 Å². The second-order valence-electron chi connectivity index (χ2n) is 9.15. The molecule has 0 bridgehead atoms. The van der Waals surface area contributed by atoms with Crippen molar-refractivity contribution < 1.29 is 23.9 Å². The number of rotatable bonds is 8. The first kappa shape index (κ1) is 24.5. The Bertz CT molecular complexity index is 1090. The van der Waals surface area contributed by atoms with E-state index < -0.39 is 23.6 Å². The Balaban J connectivity index is 1.52. The molecule has 1 aliphatic heterocycles. The monoisotopic (exact) mass is 460 g/mol. The number of ether oxygens (including phenoxy) is 2. The summed E-state index contributed by atoms with van der Waals surface area (Å²) in [5.41, 5.74) is 1.65. The molecule has 2 N–H and O–H groups in total. The molecule has 1 unspecified atom stereocenters. The zero-order valence-electron chi connectivity index (χ0n) is 19.6. The first-order valence-corrected chi connectivity index (χ1v) is 11.1. The molecular formula is C23H32N4O6. The molecule has 1 fully saturated rings. The van der Waals surface area contributed by atoms with Gasteiger partial charge in [-0.1, -0.05) is 6.07 Å². The lowest BCUT2D eigenvalue weighted by molar-refractivity contribution is -0.135. The Morgan fingerprint density at radius 1 is 1.18 bits per heavy atom. The van der Waals surface area contributed by atoms with Gasteiger partial charge in [0.1, 0.15) is 11.6 Å². The Kier molecular flexibility index (Phi) is 7.57. The van der Waals surface area contributed by atoms with E-state index in [2.05, 4.69) is 10.6 Å². The van der Waals surface area contributed by atoms with Gasteiger partial charge < -0.3 is 14.8 Å². The number of imide groups is 1. The number of nitrogens with zero attached hydrogens (tertiary/aromatic N) is 2. The lowest BCUT2D eigenvalue weighted by Gasteiger charge is -2.21. The van der Waals surface area contributed by atoms with Crippen molar-refractivity contribution in [3.8, 4) is 0 Å². The molecular weight excluding hydrogens is 428 g/mol. The maximum atomic E-state index is 12.8. The van der Waals surface area contributed by atoms with Crippen LogP contribution >= 0.6 is 0 Å². The van der Waals surface area contributed by atoms with E-state index in [1.807, 2.05) is 39.0 Å². The summed E-state index contributed by atoms with van der Waals surface area (Å²) in [5.74, 6) is -0.752. The summed E-state index contributed by atoms with van der Waals surface area (Å²) in [5, 5.41) is 4.96. The molecule has 2 aromatic rings. The van der Waals surface area contributed by atoms with Crippen molar-refractivity contribution in [1.82, 2.24) is 19.8 Å². The van der Waals surface area contributed by atoms with Crippen LogP contribution in [-0.2, 0) is 32.5 Å². The number of amides is 3. The number of carbonyl (C=O) groups is 3. The van der Waals surface area contributed by atoms with Crippen LogP contribution in [0.2, 0.25) is 0 Å². The molecule has 10 nitrogen and oxygen atoms in total. The first-order valence-electron chi connectivity index (χ1n) is 11.1. The molecule has 0 spiro atoms. The summed E-state index contributed by atoms with van der Waals surface area (Å²) in [6.07, 6.45) is 1.60. The highest BCUT2D eigenvalue weighted by molar-refractivity contribution is 6.00. The molecule has 1 aliphatic rings. The number of alkyl carbamates (subject to hydrolysis) is 1. The lowest BCUT2D eigenvalue weighted by atomic mass is 10.1. The lowest BCUT2D eigenvalue weighted by Crippen LogP contribution is -2.44. The van der Waals surface area contributed by atoms with E-state index in [-0.39, 0.29) is 18.0 Å². The highest BCUT2D eigenvalue weighted by Crippen LogP contribution is 2.24. The average Bonchev–Trinajstić information content (AvgIpc) is 2.96. The summed E-state index contributed by atoms with van der Waals surface area (Å²) in [6.45, 7) is 6.72. The van der Waals surface area contributed by atoms with Crippen LogP contribution in [0, 0.1) is 0 Å². The van der Waals surface area contributed by atoms with Gasteiger partial charge in [0, 0.05) is 26.6 Å². The normalized spacial score (nSPS) is 16.7. The van der Waals surface area contributed by atoms with Crippen molar-refractivity contribution in [2.24, 2.45) is 7.05 Å². The topological polar surface area (TPSA) is 121 Å². The van der Waals surface area contributed by atoms with Gasteiger partial charge in [-0.3, -0.25) is 24.0 Å². The number of hydrogen-bond donors (Lipinski definition) is 2. The summed E-state index contributed by atoms with van der Waals surface area (Å²) >= 11 is 0. The van der Waals surface area contributed by atoms with Crippen LogP contribution in [0.15, 0.2) is 23.0 Å². The van der Waals surface area contributed by atoms with Gasteiger partial charge in [-0.05, 0) is 57.7 Å². The van der Waals surface area contributed by atoms with E-state index in [1.54, 1.807) is 7.05 Å². The fourth-order valence-electron chi connectivity index (χ4n) is 3.81. The second-order valence-corrected chi connectivity index (χ2v) is 9.15. The van der Waals surface area contributed by atoms with Crippen molar-refractivity contribution in [3.05, 3.63) is 34.2 Å². The van der Waals surface area contributed by atoms with Crippen LogP contribution in [0.4, 0.5) is 4.79 Å². The molecule has 0 radical (unpaired) electrons. The third-order valence-corrected chi connectivity index (χ3v) is 5.34. The fourth-order valence-corrected chi connectivity index (χ4v) is 3.81. The molecule has 0 saturated carbocycles. The minimum Gasteiger partial charge on any atom is -0.444 e. The van der Waals surface area contributed by atoms with Gasteiger partial charge in [0.2, 0.25) is 11.8 Å². The predicted octanol–water partition coefficient (Wildman–Crippen LogP) is 1.79. The summed E-state index contributed by atoms with van der Waals surface area (Å²) in [6, 6.07) is 5.05. The molecule has 1 saturated heterocycles. The summed E-state index contributed by atoms with van der Waals surface area (Å²) in [4.78, 5) is 48.1. The maximum absolute atomic E-state index is 12.8. The number of aromatic nitrogens is 2. The van der Waals surface area contributed by atoms with Gasteiger partial charge in [-0.2, -0.15) is 0 Å². The van der Waals surface area contributed by atoms with Crippen LogP contribution in [0.5, 0.6) is 0 Å². The van der Waals surface area contributed by atoms with E-state index >= 15 is 0 Å². The molecule has 1 aromatic heterocycles. The SMILES string of the molecule is Cn1c(=O)n(C2CCC(=O)NC2=O)c2ccc(CCCOCCNC(=O)OC(C)(C)C)cc21. The van der Waals surface area contributed by atoms with Gasteiger partial charge in [0.05, 0.1) is 17.6 Å². The van der Waals surface area contributed by atoms with Gasteiger partial charge >= 0.3 is 11.8 Å². The number of hydrogen-bond acceptors (Lipinski definition) is 6. The van der Waals surface area contributed by atoms with Crippen LogP contribution in [-0.4, -0.2) is 52.4 Å². The van der Waals surface area contributed by atoms with E-state index in [1.165, 1.54) is 9.13 Å². The Labute approximate surface area is 192 Å². The molecule has 180 valence electrons. The van der Waals surface area contributed by atoms with Crippen LogP contribution < -0.4 is 16.3 Å². The smallest absolute Gasteiger partial charge is 0.407 e. The van der Waals surface area contributed by atoms with Gasteiger partial charge in [-0.15, -0.1) is 0 Å². The molecule has 3 rings (SSSR count). The fraction of sp³-hybridized carbons (Fsp3) is 0.565. The maximum Gasteiger partial charge on any atom is 0.407 e. The van der Waals surface area contributed by atoms with Crippen molar-refractivity contribution >= 4 is 28.9 Å². The van der Waals surface area contributed by atoms with Gasteiger partial charge in [0.25, 0.3) is 0 Å². The zero-order valence-corrected chi connectivity index (χ0v) is 19.6. The number of benzene rings is 1.